The van der Waals surface area contributed by atoms with Crippen molar-refractivity contribution in [2.24, 2.45) is 5.73 Å². The largest absolute Gasteiger partial charge is 0.366 e. The van der Waals surface area contributed by atoms with Crippen LogP contribution in [0.1, 0.15) is 49.4 Å². The lowest BCUT2D eigenvalue weighted by Gasteiger charge is -2.50. The topological polar surface area (TPSA) is 58.4 Å². The number of nitrogens with two attached hydrogens (primary N) is 1. The Morgan fingerprint density at radius 1 is 1.33 bits per heavy atom. The maximum absolute atomic E-state index is 11.4. The molecule has 0 spiro atoms. The zero-order valence-electron chi connectivity index (χ0n) is 12.7. The highest BCUT2D eigenvalue weighted by Crippen LogP contribution is 2.37. The van der Waals surface area contributed by atoms with Gasteiger partial charge in [0, 0.05) is 29.4 Å². The van der Waals surface area contributed by atoms with E-state index in [0.29, 0.717) is 23.7 Å². The predicted molar refractivity (Wildman–Crippen MR) is 85.6 cm³/mol. The Labute approximate surface area is 126 Å². The lowest BCUT2D eigenvalue weighted by Crippen LogP contribution is -2.56. The third-order valence-electron chi connectivity index (χ3n) is 4.90. The number of primary amides is 1. The first kappa shape index (κ1) is 14.4. The standard InChI is InChI=1S/C17H25N3O/c1-2-19-13-10-15-7-4-8-16(11-13)20(15)14-6-3-5-12(9-14)17(18)21/h3,5-6,9,13,15-16,19H,2,4,7-8,10-11H2,1H3,(H2,18,21). The van der Waals surface area contributed by atoms with Gasteiger partial charge in [0.25, 0.3) is 0 Å². The molecule has 1 amide bonds. The van der Waals surface area contributed by atoms with E-state index in [0.717, 1.165) is 12.2 Å². The number of piperidine rings is 2. The van der Waals surface area contributed by atoms with Crippen LogP contribution in [-0.2, 0) is 0 Å². The minimum absolute atomic E-state index is 0.343. The molecule has 3 N–H and O–H groups in total. The second kappa shape index (κ2) is 6.06. The van der Waals surface area contributed by atoms with Crippen LogP contribution in [0.4, 0.5) is 5.69 Å². The van der Waals surface area contributed by atoms with Gasteiger partial charge in [-0.15, -0.1) is 0 Å². The highest BCUT2D eigenvalue weighted by Gasteiger charge is 2.38. The summed E-state index contributed by atoms with van der Waals surface area (Å²) in [7, 11) is 0. The highest BCUT2D eigenvalue weighted by molar-refractivity contribution is 5.93. The Kier molecular flexibility index (Phi) is 4.15. The van der Waals surface area contributed by atoms with Crippen molar-refractivity contribution in [2.45, 2.75) is 57.2 Å². The minimum atomic E-state index is -0.343. The van der Waals surface area contributed by atoms with Crippen molar-refractivity contribution in [1.29, 1.82) is 0 Å². The number of nitrogens with zero attached hydrogens (tertiary/aromatic N) is 1. The second-order valence-corrected chi connectivity index (χ2v) is 6.29. The zero-order chi connectivity index (χ0) is 14.8. The Bertz CT molecular complexity index is 503. The van der Waals surface area contributed by atoms with Gasteiger partial charge < -0.3 is 16.0 Å². The Hall–Kier alpha value is -1.55. The van der Waals surface area contributed by atoms with Crippen LogP contribution in [0.3, 0.4) is 0 Å². The average molecular weight is 287 g/mol. The number of anilines is 1. The third-order valence-corrected chi connectivity index (χ3v) is 4.90. The van der Waals surface area contributed by atoms with E-state index in [1.165, 1.54) is 32.1 Å². The molecule has 2 unspecified atom stereocenters. The van der Waals surface area contributed by atoms with E-state index in [9.17, 15) is 4.79 Å². The van der Waals surface area contributed by atoms with Crippen LogP contribution in [0, 0.1) is 0 Å². The molecular formula is C17H25N3O. The molecule has 0 aliphatic carbocycles. The maximum atomic E-state index is 11.4. The Morgan fingerprint density at radius 3 is 2.67 bits per heavy atom. The molecular weight excluding hydrogens is 262 g/mol. The normalized spacial score (nSPS) is 28.4. The van der Waals surface area contributed by atoms with Crippen LogP contribution in [0.5, 0.6) is 0 Å². The lowest BCUT2D eigenvalue weighted by molar-refractivity contribution is 0.1000. The third kappa shape index (κ3) is 2.91. The van der Waals surface area contributed by atoms with Crippen LogP contribution >= 0.6 is 0 Å². The van der Waals surface area contributed by atoms with Crippen molar-refractivity contribution in [3.05, 3.63) is 29.8 Å². The molecule has 0 saturated carbocycles. The summed E-state index contributed by atoms with van der Waals surface area (Å²) in [6, 6.07) is 9.64. The molecule has 0 radical (unpaired) electrons. The monoisotopic (exact) mass is 287 g/mol. The van der Waals surface area contributed by atoms with Gasteiger partial charge >= 0.3 is 0 Å². The number of carbonyl (C=O) groups is 1. The van der Waals surface area contributed by atoms with Gasteiger partial charge in [0.2, 0.25) is 5.91 Å². The summed E-state index contributed by atoms with van der Waals surface area (Å²) in [5.41, 5.74) is 7.20. The molecule has 114 valence electrons. The van der Waals surface area contributed by atoms with Crippen LogP contribution in [0.25, 0.3) is 0 Å². The molecule has 1 aromatic carbocycles. The smallest absolute Gasteiger partial charge is 0.248 e. The lowest BCUT2D eigenvalue weighted by atomic mass is 9.81. The molecule has 2 aliphatic heterocycles. The van der Waals surface area contributed by atoms with Crippen molar-refractivity contribution in [1.82, 2.24) is 5.32 Å². The van der Waals surface area contributed by atoms with E-state index in [1.54, 1.807) is 6.07 Å². The summed E-state index contributed by atoms with van der Waals surface area (Å²) < 4.78 is 0. The fourth-order valence-corrected chi connectivity index (χ4v) is 4.08. The summed E-state index contributed by atoms with van der Waals surface area (Å²) >= 11 is 0. The van der Waals surface area contributed by atoms with Crippen molar-refractivity contribution in [2.75, 3.05) is 11.4 Å². The number of nitrogens with one attached hydrogen (secondary N) is 1. The number of carbonyl (C=O) groups excluding carboxylic acids is 1. The van der Waals surface area contributed by atoms with Gasteiger partial charge in [0.15, 0.2) is 0 Å². The van der Waals surface area contributed by atoms with E-state index in [2.05, 4.69) is 23.2 Å². The van der Waals surface area contributed by atoms with E-state index < -0.39 is 0 Å². The molecule has 4 heteroatoms. The van der Waals surface area contributed by atoms with E-state index in [-0.39, 0.29) is 5.91 Å². The SMILES string of the molecule is CCNC1CC2CCCC(C1)N2c1cccc(C(N)=O)c1. The summed E-state index contributed by atoms with van der Waals surface area (Å²) in [6.45, 7) is 3.22. The fraction of sp³-hybridized carbons (Fsp3) is 0.588. The molecule has 2 fully saturated rings. The number of fused-ring (bicyclic) bond motifs is 2. The number of hydrogen-bond donors (Lipinski definition) is 2. The molecule has 4 nitrogen and oxygen atoms in total. The molecule has 2 heterocycles. The molecule has 2 bridgehead atoms. The molecule has 2 aliphatic rings. The molecule has 1 aromatic rings. The van der Waals surface area contributed by atoms with Gasteiger partial charge in [0.05, 0.1) is 0 Å². The number of hydrogen-bond acceptors (Lipinski definition) is 3. The fourth-order valence-electron chi connectivity index (χ4n) is 4.08. The van der Waals surface area contributed by atoms with Crippen LogP contribution in [0.2, 0.25) is 0 Å². The van der Waals surface area contributed by atoms with Gasteiger partial charge in [0.1, 0.15) is 0 Å². The summed E-state index contributed by atoms with van der Waals surface area (Å²) in [5.74, 6) is -0.343. The summed E-state index contributed by atoms with van der Waals surface area (Å²) in [5, 5.41) is 3.61. The highest BCUT2D eigenvalue weighted by atomic mass is 16.1. The van der Waals surface area contributed by atoms with Gasteiger partial charge in [-0.1, -0.05) is 13.0 Å². The Morgan fingerprint density at radius 2 is 2.05 bits per heavy atom. The van der Waals surface area contributed by atoms with Crippen molar-refractivity contribution >= 4 is 11.6 Å². The van der Waals surface area contributed by atoms with E-state index in [4.69, 9.17) is 5.73 Å². The maximum Gasteiger partial charge on any atom is 0.248 e. The van der Waals surface area contributed by atoms with Crippen LogP contribution in [-0.4, -0.2) is 30.6 Å². The van der Waals surface area contributed by atoms with Crippen LogP contribution < -0.4 is 16.0 Å². The summed E-state index contributed by atoms with van der Waals surface area (Å²) in [6.07, 6.45) is 6.22. The first-order chi connectivity index (χ1) is 10.2. The first-order valence-corrected chi connectivity index (χ1v) is 8.10. The molecule has 21 heavy (non-hydrogen) atoms. The molecule has 2 saturated heterocycles. The minimum Gasteiger partial charge on any atom is -0.366 e. The first-order valence-electron chi connectivity index (χ1n) is 8.10. The van der Waals surface area contributed by atoms with Gasteiger partial charge in [-0.25, -0.2) is 0 Å². The second-order valence-electron chi connectivity index (χ2n) is 6.29. The molecule has 2 atom stereocenters. The quantitative estimate of drug-likeness (QED) is 0.893. The van der Waals surface area contributed by atoms with E-state index in [1.807, 2.05) is 12.1 Å². The zero-order valence-corrected chi connectivity index (χ0v) is 12.7. The van der Waals surface area contributed by atoms with E-state index >= 15 is 0 Å². The van der Waals surface area contributed by atoms with Gasteiger partial charge in [-0.2, -0.15) is 0 Å². The van der Waals surface area contributed by atoms with Crippen molar-refractivity contribution in [3.63, 3.8) is 0 Å². The predicted octanol–water partition coefficient (Wildman–Crippen LogP) is 2.28. The summed E-state index contributed by atoms with van der Waals surface area (Å²) in [4.78, 5) is 14.0. The number of rotatable bonds is 4. The Balaban J connectivity index is 1.85. The van der Waals surface area contributed by atoms with Gasteiger partial charge in [-0.3, -0.25) is 4.79 Å². The molecule has 0 aromatic heterocycles. The number of amides is 1. The molecule has 3 rings (SSSR count). The average Bonchev–Trinajstić information content (AvgIpc) is 2.47. The van der Waals surface area contributed by atoms with Crippen molar-refractivity contribution in [3.8, 4) is 0 Å². The number of benzene rings is 1. The van der Waals surface area contributed by atoms with Crippen molar-refractivity contribution < 1.29 is 4.79 Å². The van der Waals surface area contributed by atoms with Crippen LogP contribution in [0.15, 0.2) is 24.3 Å². The van der Waals surface area contributed by atoms with Gasteiger partial charge in [-0.05, 0) is 56.8 Å².